The molecule has 3 rings (SSSR count). The molecule has 1 atom stereocenters. The van der Waals surface area contributed by atoms with E-state index in [9.17, 15) is 9.59 Å². The molecule has 26 heavy (non-hydrogen) atoms. The number of urea groups is 1. The third-order valence-corrected chi connectivity index (χ3v) is 4.23. The van der Waals surface area contributed by atoms with Gasteiger partial charge < -0.3 is 19.9 Å². The third kappa shape index (κ3) is 5.07. The second kappa shape index (κ2) is 9.01. The molecule has 1 aliphatic rings. The number of carbonyl (C=O) groups is 1. The maximum absolute atomic E-state index is 12.7. The highest BCUT2D eigenvalue weighted by molar-refractivity contribution is 5.89. The molecule has 0 saturated carbocycles. The number of amides is 2. The van der Waals surface area contributed by atoms with Gasteiger partial charge in [0.05, 0.1) is 6.10 Å². The third-order valence-electron chi connectivity index (χ3n) is 4.23. The highest BCUT2D eigenvalue weighted by atomic mass is 16.5. The molecule has 6 heteroatoms. The summed E-state index contributed by atoms with van der Waals surface area (Å²) in [5, 5.41) is 2.69. The number of rotatable bonds is 6. The van der Waals surface area contributed by atoms with E-state index >= 15 is 0 Å². The number of carbonyl (C=O) groups excluding carboxylic acids is 1. The van der Waals surface area contributed by atoms with Crippen LogP contribution >= 0.6 is 0 Å². The highest BCUT2D eigenvalue weighted by Gasteiger charge is 2.22. The predicted octanol–water partition coefficient (Wildman–Crippen LogP) is 3.10. The van der Waals surface area contributed by atoms with Gasteiger partial charge in [0.15, 0.2) is 0 Å². The molecule has 2 heterocycles. The molecule has 6 nitrogen and oxygen atoms in total. The van der Waals surface area contributed by atoms with Crippen LogP contribution in [0, 0.1) is 0 Å². The zero-order valence-corrected chi connectivity index (χ0v) is 14.6. The minimum atomic E-state index is -0.322. The van der Waals surface area contributed by atoms with Gasteiger partial charge in [0.1, 0.15) is 5.69 Å². The maximum Gasteiger partial charge on any atom is 0.322 e. The zero-order chi connectivity index (χ0) is 18.2. The lowest BCUT2D eigenvalue weighted by atomic mass is 10.2. The van der Waals surface area contributed by atoms with Gasteiger partial charge >= 0.3 is 6.03 Å². The van der Waals surface area contributed by atoms with Gasteiger partial charge in [-0.15, -0.1) is 0 Å². The molecular weight excluding hydrogens is 330 g/mol. The number of benzene rings is 1. The van der Waals surface area contributed by atoms with E-state index in [0.717, 1.165) is 25.0 Å². The summed E-state index contributed by atoms with van der Waals surface area (Å²) in [4.78, 5) is 28.7. The summed E-state index contributed by atoms with van der Waals surface area (Å²) in [5.41, 5.74) is 0.990. The molecule has 1 saturated heterocycles. The maximum atomic E-state index is 12.7. The Morgan fingerprint density at radius 1 is 1.27 bits per heavy atom. The SMILES string of the molecule is O=C(Nc1ccc[nH]c1=O)N(CC=Cc1ccccc1)CC1CCCO1. The molecule has 0 aliphatic carbocycles. The van der Waals surface area contributed by atoms with Crippen molar-refractivity contribution in [2.45, 2.75) is 18.9 Å². The van der Waals surface area contributed by atoms with Crippen molar-refractivity contribution >= 4 is 17.8 Å². The molecule has 1 fully saturated rings. The van der Waals surface area contributed by atoms with Gasteiger partial charge in [-0.1, -0.05) is 42.5 Å². The number of ether oxygens (including phenoxy) is 1. The Bertz CT molecular complexity index is 795. The van der Waals surface area contributed by atoms with E-state index in [0.29, 0.717) is 13.1 Å². The number of aromatic amines is 1. The van der Waals surface area contributed by atoms with Crippen molar-refractivity contribution in [2.75, 3.05) is 25.0 Å². The first-order chi connectivity index (χ1) is 12.7. The molecule has 2 N–H and O–H groups in total. The molecule has 2 aromatic rings. The first-order valence-electron chi connectivity index (χ1n) is 8.79. The molecule has 1 aliphatic heterocycles. The van der Waals surface area contributed by atoms with Crippen LogP contribution < -0.4 is 10.9 Å². The van der Waals surface area contributed by atoms with Crippen LogP contribution in [0.3, 0.4) is 0 Å². The lowest BCUT2D eigenvalue weighted by molar-refractivity contribution is 0.0863. The molecule has 0 bridgehead atoms. The zero-order valence-electron chi connectivity index (χ0n) is 14.6. The normalized spacial score (nSPS) is 16.7. The van der Waals surface area contributed by atoms with E-state index in [1.165, 1.54) is 6.20 Å². The first kappa shape index (κ1) is 17.9. The molecule has 2 amide bonds. The lowest BCUT2D eigenvalue weighted by Crippen LogP contribution is -2.41. The fourth-order valence-electron chi connectivity index (χ4n) is 2.87. The van der Waals surface area contributed by atoms with Crippen LogP contribution in [-0.2, 0) is 4.74 Å². The number of nitrogens with zero attached hydrogens (tertiary/aromatic N) is 1. The van der Waals surface area contributed by atoms with E-state index in [1.807, 2.05) is 42.5 Å². The smallest absolute Gasteiger partial charge is 0.322 e. The van der Waals surface area contributed by atoms with Crippen LogP contribution in [0.5, 0.6) is 0 Å². The molecule has 1 unspecified atom stereocenters. The van der Waals surface area contributed by atoms with Crippen molar-refractivity contribution in [3.05, 3.63) is 70.7 Å². The van der Waals surface area contributed by atoms with Gasteiger partial charge in [-0.05, 0) is 30.5 Å². The molecule has 0 radical (unpaired) electrons. The minimum absolute atomic E-state index is 0.0416. The standard InChI is InChI=1S/C20H23N3O3/c24-19-18(11-4-12-21-19)22-20(25)23(15-17-10-6-14-26-17)13-5-9-16-7-2-1-3-8-16/h1-5,7-9,11-12,17H,6,10,13-15H2,(H,21,24)(H,22,25). The van der Waals surface area contributed by atoms with E-state index in [4.69, 9.17) is 4.74 Å². The van der Waals surface area contributed by atoms with Gasteiger partial charge in [0.25, 0.3) is 5.56 Å². The van der Waals surface area contributed by atoms with Gasteiger partial charge in [-0.3, -0.25) is 4.79 Å². The Hall–Kier alpha value is -2.86. The predicted molar refractivity (Wildman–Crippen MR) is 102 cm³/mol. The minimum Gasteiger partial charge on any atom is -0.376 e. The number of nitrogens with one attached hydrogen (secondary N) is 2. The van der Waals surface area contributed by atoms with Gasteiger partial charge in [-0.25, -0.2) is 4.79 Å². The van der Waals surface area contributed by atoms with E-state index in [-0.39, 0.29) is 23.4 Å². The van der Waals surface area contributed by atoms with Crippen molar-refractivity contribution in [3.8, 4) is 0 Å². The molecule has 1 aromatic carbocycles. The number of hydrogen-bond acceptors (Lipinski definition) is 3. The number of pyridine rings is 1. The average Bonchev–Trinajstić information content (AvgIpc) is 3.17. The Labute approximate surface area is 152 Å². The number of anilines is 1. The monoisotopic (exact) mass is 353 g/mol. The first-order valence-corrected chi connectivity index (χ1v) is 8.79. The van der Waals surface area contributed by atoms with Crippen molar-refractivity contribution in [3.63, 3.8) is 0 Å². The van der Waals surface area contributed by atoms with Crippen molar-refractivity contribution in [2.24, 2.45) is 0 Å². The number of hydrogen-bond donors (Lipinski definition) is 2. The fourth-order valence-corrected chi connectivity index (χ4v) is 2.87. The van der Waals surface area contributed by atoms with Crippen LogP contribution in [0.4, 0.5) is 10.5 Å². The molecular formula is C20H23N3O3. The van der Waals surface area contributed by atoms with Crippen LogP contribution in [0.25, 0.3) is 6.08 Å². The summed E-state index contributed by atoms with van der Waals surface area (Å²) in [6.07, 6.45) is 7.45. The molecule has 136 valence electrons. The molecule has 1 aromatic heterocycles. The fraction of sp³-hybridized carbons (Fsp3) is 0.300. The Balaban J connectivity index is 1.67. The van der Waals surface area contributed by atoms with E-state index < -0.39 is 0 Å². The number of H-pyrrole nitrogens is 1. The largest absolute Gasteiger partial charge is 0.376 e. The second-order valence-electron chi connectivity index (χ2n) is 6.20. The summed E-state index contributed by atoms with van der Waals surface area (Å²) >= 11 is 0. The van der Waals surface area contributed by atoms with E-state index in [2.05, 4.69) is 10.3 Å². The van der Waals surface area contributed by atoms with Crippen molar-refractivity contribution < 1.29 is 9.53 Å². The van der Waals surface area contributed by atoms with Crippen molar-refractivity contribution in [1.29, 1.82) is 0 Å². The summed E-state index contributed by atoms with van der Waals surface area (Å²) < 4.78 is 5.66. The van der Waals surface area contributed by atoms with Crippen LogP contribution in [-0.4, -0.2) is 41.7 Å². The van der Waals surface area contributed by atoms with Crippen LogP contribution in [0.2, 0.25) is 0 Å². The molecule has 0 spiro atoms. The average molecular weight is 353 g/mol. The van der Waals surface area contributed by atoms with Gasteiger partial charge in [0, 0.05) is 25.9 Å². The Morgan fingerprint density at radius 2 is 2.12 bits per heavy atom. The topological polar surface area (TPSA) is 74.4 Å². The summed E-state index contributed by atoms with van der Waals surface area (Å²) in [5.74, 6) is 0. The highest BCUT2D eigenvalue weighted by Crippen LogP contribution is 2.14. The summed E-state index contributed by atoms with van der Waals surface area (Å²) in [6.45, 7) is 1.67. The van der Waals surface area contributed by atoms with Gasteiger partial charge in [-0.2, -0.15) is 0 Å². The second-order valence-corrected chi connectivity index (χ2v) is 6.20. The Kier molecular flexibility index (Phi) is 6.22. The van der Waals surface area contributed by atoms with Gasteiger partial charge in [0.2, 0.25) is 0 Å². The summed E-state index contributed by atoms with van der Waals surface area (Å²) in [7, 11) is 0. The summed E-state index contributed by atoms with van der Waals surface area (Å²) in [6, 6.07) is 12.9. The van der Waals surface area contributed by atoms with Crippen LogP contribution in [0.1, 0.15) is 18.4 Å². The van der Waals surface area contributed by atoms with Crippen LogP contribution in [0.15, 0.2) is 59.5 Å². The number of aromatic nitrogens is 1. The lowest BCUT2D eigenvalue weighted by Gasteiger charge is -2.24. The van der Waals surface area contributed by atoms with E-state index in [1.54, 1.807) is 17.0 Å². The van der Waals surface area contributed by atoms with Crippen molar-refractivity contribution in [1.82, 2.24) is 9.88 Å². The Morgan fingerprint density at radius 3 is 2.85 bits per heavy atom. The quantitative estimate of drug-likeness (QED) is 0.838.